The first-order valence-electron chi connectivity index (χ1n) is 7.66. The quantitative estimate of drug-likeness (QED) is 0.894. The average Bonchev–Trinajstić information content (AvgIpc) is 3.25. The first kappa shape index (κ1) is 15.9. The lowest BCUT2D eigenvalue weighted by Crippen LogP contribution is -2.33. The Hall–Kier alpha value is -0.970. The Morgan fingerprint density at radius 2 is 2.05 bits per heavy atom. The highest BCUT2D eigenvalue weighted by Gasteiger charge is 2.41. The summed E-state index contributed by atoms with van der Waals surface area (Å²) in [6, 6.07) is 5.21. The van der Waals surface area contributed by atoms with Gasteiger partial charge in [0.05, 0.1) is 23.1 Å². The van der Waals surface area contributed by atoms with Crippen molar-refractivity contribution in [2.45, 2.75) is 25.3 Å². The van der Waals surface area contributed by atoms with E-state index < -0.39 is 0 Å². The Bertz CT molecular complexity index is 563. The summed E-state index contributed by atoms with van der Waals surface area (Å²) in [7, 11) is 0. The third-order valence-corrected chi connectivity index (χ3v) is 5.21. The molecule has 4 nitrogen and oxygen atoms in total. The summed E-state index contributed by atoms with van der Waals surface area (Å²) in [6.07, 6.45) is 2.88. The fourth-order valence-electron chi connectivity index (χ4n) is 3.06. The highest BCUT2D eigenvalue weighted by molar-refractivity contribution is 6.42. The van der Waals surface area contributed by atoms with Gasteiger partial charge in [0, 0.05) is 25.2 Å². The molecule has 120 valence electrons. The number of ether oxygens (including phenoxy) is 1. The number of likely N-dealkylation sites (tertiary alicyclic amines) is 1. The number of carbonyl (C=O) groups is 1. The number of nitrogens with zero attached hydrogens (tertiary/aromatic N) is 1. The number of carbonyl (C=O) groups excluding carboxylic acids is 1. The summed E-state index contributed by atoms with van der Waals surface area (Å²) in [5.41, 5.74) is 6.15. The minimum absolute atomic E-state index is 0.110. The number of rotatable bonds is 5. The molecule has 2 fully saturated rings. The molecule has 0 unspecified atom stereocenters. The van der Waals surface area contributed by atoms with Gasteiger partial charge in [-0.1, -0.05) is 23.2 Å². The summed E-state index contributed by atoms with van der Waals surface area (Å²) in [5.74, 6) is 1.95. The molecule has 2 N–H and O–H groups in total. The Morgan fingerprint density at radius 1 is 1.27 bits per heavy atom. The van der Waals surface area contributed by atoms with Gasteiger partial charge in [-0.15, -0.1) is 0 Å². The first-order chi connectivity index (χ1) is 10.5. The highest BCUT2D eigenvalue weighted by atomic mass is 35.5. The molecule has 1 aromatic rings. The molecule has 1 aliphatic carbocycles. The van der Waals surface area contributed by atoms with E-state index in [-0.39, 0.29) is 11.9 Å². The summed E-state index contributed by atoms with van der Waals surface area (Å²) in [4.78, 5) is 14.1. The van der Waals surface area contributed by atoms with Gasteiger partial charge in [0.15, 0.2) is 0 Å². The lowest BCUT2D eigenvalue weighted by Gasteiger charge is -2.16. The van der Waals surface area contributed by atoms with Crippen molar-refractivity contribution < 1.29 is 9.53 Å². The maximum absolute atomic E-state index is 12.2. The van der Waals surface area contributed by atoms with Crippen molar-refractivity contribution in [3.63, 3.8) is 0 Å². The molecule has 2 aliphatic rings. The topological polar surface area (TPSA) is 55.6 Å². The number of halogens is 2. The van der Waals surface area contributed by atoms with E-state index in [1.54, 1.807) is 18.2 Å². The third-order valence-electron chi connectivity index (χ3n) is 4.47. The van der Waals surface area contributed by atoms with Crippen LogP contribution < -0.4 is 10.5 Å². The average molecular weight is 343 g/mol. The molecule has 1 aromatic carbocycles. The Labute approximate surface area is 140 Å². The summed E-state index contributed by atoms with van der Waals surface area (Å²) in [6.45, 7) is 1.81. The van der Waals surface area contributed by atoms with Crippen molar-refractivity contribution in [1.29, 1.82) is 0 Å². The molecule has 0 aromatic heterocycles. The molecule has 0 radical (unpaired) electrons. The standard InChI is InChI=1S/C16H20Cl2N2O2/c17-13-4-3-11(7-14(13)18)22-6-5-16(21)20-8-12(10-1-2-10)15(19)9-20/h3-4,7,10,12,15H,1-2,5-6,8-9,19H2/t12-,15+/m0/s1. The molecular weight excluding hydrogens is 323 g/mol. The lowest BCUT2D eigenvalue weighted by atomic mass is 9.99. The van der Waals surface area contributed by atoms with Crippen LogP contribution >= 0.6 is 23.2 Å². The number of nitrogens with two attached hydrogens (primary N) is 1. The van der Waals surface area contributed by atoms with Gasteiger partial charge in [0.25, 0.3) is 0 Å². The molecule has 6 heteroatoms. The van der Waals surface area contributed by atoms with Crippen LogP contribution in [0.4, 0.5) is 0 Å². The summed E-state index contributed by atoms with van der Waals surface area (Å²) in [5, 5.41) is 0.936. The minimum atomic E-state index is 0.110. The van der Waals surface area contributed by atoms with Crippen LogP contribution in [0.25, 0.3) is 0 Å². The van der Waals surface area contributed by atoms with E-state index in [1.807, 2.05) is 4.90 Å². The fraction of sp³-hybridized carbons (Fsp3) is 0.562. The molecule has 1 saturated carbocycles. The van der Waals surface area contributed by atoms with Crippen molar-refractivity contribution in [3.05, 3.63) is 28.2 Å². The zero-order chi connectivity index (χ0) is 15.7. The second kappa shape index (κ2) is 6.65. The van der Waals surface area contributed by atoms with Crippen LogP contribution in [-0.4, -0.2) is 36.5 Å². The minimum Gasteiger partial charge on any atom is -0.493 e. The monoisotopic (exact) mass is 342 g/mol. The Balaban J connectivity index is 1.45. The van der Waals surface area contributed by atoms with Crippen molar-refractivity contribution in [1.82, 2.24) is 4.90 Å². The molecular formula is C16H20Cl2N2O2. The first-order valence-corrected chi connectivity index (χ1v) is 8.41. The Morgan fingerprint density at radius 3 is 2.73 bits per heavy atom. The second-order valence-corrected chi connectivity index (χ2v) is 6.95. The number of hydrogen-bond acceptors (Lipinski definition) is 3. The molecule has 1 aliphatic heterocycles. The zero-order valence-corrected chi connectivity index (χ0v) is 13.8. The fourth-order valence-corrected chi connectivity index (χ4v) is 3.35. The van der Waals surface area contributed by atoms with E-state index in [0.29, 0.717) is 41.3 Å². The molecule has 1 amide bonds. The van der Waals surface area contributed by atoms with Gasteiger partial charge in [0.2, 0.25) is 5.91 Å². The Kier molecular flexibility index (Phi) is 4.81. The van der Waals surface area contributed by atoms with E-state index in [0.717, 1.165) is 12.5 Å². The molecule has 1 heterocycles. The zero-order valence-electron chi connectivity index (χ0n) is 12.3. The van der Waals surface area contributed by atoms with E-state index in [2.05, 4.69) is 0 Å². The van der Waals surface area contributed by atoms with E-state index in [9.17, 15) is 4.79 Å². The molecule has 0 bridgehead atoms. The number of amides is 1. The predicted octanol–water partition coefficient (Wildman–Crippen LogP) is 2.96. The van der Waals surface area contributed by atoms with Gasteiger partial charge >= 0.3 is 0 Å². The third kappa shape index (κ3) is 3.67. The smallest absolute Gasteiger partial charge is 0.226 e. The van der Waals surface area contributed by atoms with Crippen LogP contribution in [0.1, 0.15) is 19.3 Å². The number of benzene rings is 1. The van der Waals surface area contributed by atoms with Gasteiger partial charge in [0.1, 0.15) is 5.75 Å². The van der Waals surface area contributed by atoms with Gasteiger partial charge in [-0.25, -0.2) is 0 Å². The van der Waals surface area contributed by atoms with Crippen LogP contribution in [0.3, 0.4) is 0 Å². The SMILES string of the molecule is N[C@@H]1CN(C(=O)CCOc2ccc(Cl)c(Cl)c2)C[C@H]1C1CC1. The van der Waals surface area contributed by atoms with Crippen molar-refractivity contribution in [3.8, 4) is 5.75 Å². The van der Waals surface area contributed by atoms with E-state index >= 15 is 0 Å². The molecule has 3 rings (SSSR count). The van der Waals surface area contributed by atoms with Crippen molar-refractivity contribution in [2.75, 3.05) is 19.7 Å². The molecule has 22 heavy (non-hydrogen) atoms. The number of hydrogen-bond donors (Lipinski definition) is 1. The molecule has 0 spiro atoms. The van der Waals surface area contributed by atoms with Crippen LogP contribution in [0.15, 0.2) is 18.2 Å². The molecule has 2 atom stereocenters. The summed E-state index contributed by atoms with van der Waals surface area (Å²) < 4.78 is 5.56. The van der Waals surface area contributed by atoms with Gasteiger partial charge in [-0.3, -0.25) is 4.79 Å². The van der Waals surface area contributed by atoms with Crippen LogP contribution in [0.2, 0.25) is 10.0 Å². The normalized spacial score (nSPS) is 24.6. The van der Waals surface area contributed by atoms with Gasteiger partial charge in [-0.05, 0) is 36.8 Å². The van der Waals surface area contributed by atoms with Gasteiger partial charge < -0.3 is 15.4 Å². The largest absolute Gasteiger partial charge is 0.493 e. The summed E-state index contributed by atoms with van der Waals surface area (Å²) >= 11 is 11.8. The highest BCUT2D eigenvalue weighted by Crippen LogP contribution is 2.40. The maximum Gasteiger partial charge on any atom is 0.226 e. The van der Waals surface area contributed by atoms with E-state index in [4.69, 9.17) is 33.7 Å². The predicted molar refractivity (Wildman–Crippen MR) is 87.3 cm³/mol. The maximum atomic E-state index is 12.2. The van der Waals surface area contributed by atoms with Gasteiger partial charge in [-0.2, -0.15) is 0 Å². The lowest BCUT2D eigenvalue weighted by molar-refractivity contribution is -0.130. The van der Waals surface area contributed by atoms with Crippen LogP contribution in [0, 0.1) is 11.8 Å². The van der Waals surface area contributed by atoms with Crippen molar-refractivity contribution in [2.24, 2.45) is 17.6 Å². The van der Waals surface area contributed by atoms with Crippen LogP contribution in [-0.2, 0) is 4.79 Å². The molecule has 1 saturated heterocycles. The van der Waals surface area contributed by atoms with E-state index in [1.165, 1.54) is 12.8 Å². The van der Waals surface area contributed by atoms with Crippen molar-refractivity contribution >= 4 is 29.1 Å². The van der Waals surface area contributed by atoms with Crippen LogP contribution in [0.5, 0.6) is 5.75 Å². The second-order valence-electron chi connectivity index (χ2n) is 6.14.